The summed E-state index contributed by atoms with van der Waals surface area (Å²) in [4.78, 5) is 13.6. The molecule has 1 amide bonds. The summed E-state index contributed by atoms with van der Waals surface area (Å²) in [6.07, 6.45) is 1.46. The normalized spacial score (nSPS) is 16.2. The van der Waals surface area contributed by atoms with E-state index in [4.69, 9.17) is 4.74 Å². The maximum Gasteiger partial charge on any atom is 0.409 e. The zero-order valence-corrected chi connectivity index (χ0v) is 16.3. The van der Waals surface area contributed by atoms with E-state index in [0.717, 1.165) is 10.0 Å². The second-order valence-corrected chi connectivity index (χ2v) is 8.29. The Bertz CT molecular complexity index is 685. The van der Waals surface area contributed by atoms with Crippen molar-refractivity contribution in [2.24, 2.45) is 0 Å². The van der Waals surface area contributed by atoms with E-state index in [0.29, 0.717) is 43.9 Å². The number of ether oxygens (including phenoxy) is 1. The van der Waals surface area contributed by atoms with Crippen LogP contribution in [-0.4, -0.2) is 45.1 Å². The molecule has 1 fully saturated rings. The number of halogens is 1. The summed E-state index contributed by atoms with van der Waals surface area (Å²) >= 11 is 3.37. The van der Waals surface area contributed by atoms with E-state index in [1.807, 2.05) is 13.0 Å². The van der Waals surface area contributed by atoms with Gasteiger partial charge < -0.3 is 9.64 Å². The highest BCUT2D eigenvalue weighted by atomic mass is 79.9. The lowest BCUT2D eigenvalue weighted by molar-refractivity contribution is 0.0966. The molecule has 134 valence electrons. The first-order valence-corrected chi connectivity index (χ1v) is 10.4. The second-order valence-electron chi connectivity index (χ2n) is 5.69. The van der Waals surface area contributed by atoms with Crippen LogP contribution in [0.5, 0.6) is 0 Å². The highest BCUT2D eigenvalue weighted by Gasteiger charge is 2.28. The van der Waals surface area contributed by atoms with Crippen LogP contribution in [0, 0.1) is 0 Å². The van der Waals surface area contributed by atoms with Crippen LogP contribution in [-0.2, 0) is 21.2 Å². The Morgan fingerprint density at radius 2 is 2.00 bits per heavy atom. The van der Waals surface area contributed by atoms with Crippen LogP contribution in [0.1, 0.15) is 32.3 Å². The monoisotopic (exact) mass is 418 g/mol. The quantitative estimate of drug-likeness (QED) is 0.797. The molecule has 2 rings (SSSR count). The number of nitrogens with one attached hydrogen (secondary N) is 1. The van der Waals surface area contributed by atoms with E-state index in [-0.39, 0.29) is 12.1 Å². The number of benzene rings is 1. The lowest BCUT2D eigenvalue weighted by Crippen LogP contribution is -2.46. The fourth-order valence-electron chi connectivity index (χ4n) is 2.76. The van der Waals surface area contributed by atoms with Gasteiger partial charge in [-0.05, 0) is 49.9 Å². The Morgan fingerprint density at radius 1 is 1.33 bits per heavy atom. The van der Waals surface area contributed by atoms with Crippen molar-refractivity contribution in [3.05, 3.63) is 28.2 Å². The zero-order valence-electron chi connectivity index (χ0n) is 13.9. The first kappa shape index (κ1) is 19.2. The number of aryl methyl sites for hydroxylation is 1. The van der Waals surface area contributed by atoms with Crippen LogP contribution >= 0.6 is 15.9 Å². The average molecular weight is 419 g/mol. The number of nitrogens with zero attached hydrogens (tertiary/aromatic N) is 1. The van der Waals surface area contributed by atoms with Gasteiger partial charge in [0, 0.05) is 23.6 Å². The number of sulfonamides is 1. The summed E-state index contributed by atoms with van der Waals surface area (Å²) < 4.78 is 34.0. The minimum Gasteiger partial charge on any atom is -0.450 e. The van der Waals surface area contributed by atoms with Gasteiger partial charge in [0.25, 0.3) is 0 Å². The lowest BCUT2D eigenvalue weighted by Gasteiger charge is -2.31. The Hall–Kier alpha value is -1.12. The molecule has 1 aliphatic rings. The van der Waals surface area contributed by atoms with E-state index in [9.17, 15) is 13.2 Å². The van der Waals surface area contributed by atoms with Gasteiger partial charge in [-0.25, -0.2) is 17.9 Å². The van der Waals surface area contributed by atoms with Crippen molar-refractivity contribution in [3.63, 3.8) is 0 Å². The number of piperidine rings is 1. The summed E-state index contributed by atoms with van der Waals surface area (Å²) in [7, 11) is -3.57. The fourth-order valence-corrected chi connectivity index (χ4v) is 4.77. The van der Waals surface area contributed by atoms with Crippen molar-refractivity contribution in [2.45, 2.75) is 44.0 Å². The first-order chi connectivity index (χ1) is 11.4. The molecule has 0 aromatic heterocycles. The highest BCUT2D eigenvalue weighted by molar-refractivity contribution is 9.10. The van der Waals surface area contributed by atoms with Crippen molar-refractivity contribution in [3.8, 4) is 0 Å². The molecule has 0 atom stereocenters. The first-order valence-electron chi connectivity index (χ1n) is 8.09. The van der Waals surface area contributed by atoms with Gasteiger partial charge in [-0.3, -0.25) is 0 Å². The summed E-state index contributed by atoms with van der Waals surface area (Å²) in [5.41, 5.74) is 0.779. The van der Waals surface area contributed by atoms with Gasteiger partial charge in [-0.15, -0.1) is 0 Å². The molecule has 6 nitrogen and oxygen atoms in total. The van der Waals surface area contributed by atoms with E-state index in [1.54, 1.807) is 24.0 Å². The molecule has 1 heterocycles. The van der Waals surface area contributed by atoms with Crippen molar-refractivity contribution in [1.29, 1.82) is 0 Å². The smallest absolute Gasteiger partial charge is 0.409 e. The predicted octanol–water partition coefficient (Wildman–Crippen LogP) is 2.91. The molecular formula is C16H23BrN2O4S. The third-order valence-corrected chi connectivity index (χ3v) is 6.15. The molecule has 1 aromatic carbocycles. The number of rotatable bonds is 5. The average Bonchev–Trinajstić information content (AvgIpc) is 2.55. The fraction of sp³-hybridized carbons (Fsp3) is 0.562. The van der Waals surface area contributed by atoms with Gasteiger partial charge in [0.1, 0.15) is 0 Å². The van der Waals surface area contributed by atoms with E-state index in [2.05, 4.69) is 20.7 Å². The second kappa shape index (κ2) is 8.31. The third-order valence-electron chi connectivity index (χ3n) is 4.04. The van der Waals surface area contributed by atoms with Crippen LogP contribution in [0.25, 0.3) is 0 Å². The number of carbonyl (C=O) groups excluding carboxylic acids is 1. The van der Waals surface area contributed by atoms with Crippen molar-refractivity contribution in [2.75, 3.05) is 19.7 Å². The zero-order chi connectivity index (χ0) is 17.7. The van der Waals surface area contributed by atoms with Crippen molar-refractivity contribution < 1.29 is 17.9 Å². The molecule has 0 bridgehead atoms. The molecular weight excluding hydrogens is 396 g/mol. The van der Waals surface area contributed by atoms with E-state index >= 15 is 0 Å². The minimum absolute atomic E-state index is 0.172. The number of amides is 1. The molecule has 0 saturated carbocycles. The summed E-state index contributed by atoms with van der Waals surface area (Å²) in [6.45, 7) is 5.02. The van der Waals surface area contributed by atoms with Crippen LogP contribution in [0.15, 0.2) is 27.6 Å². The summed E-state index contributed by atoms with van der Waals surface area (Å²) in [6, 6.07) is 5.02. The maximum atomic E-state index is 12.7. The van der Waals surface area contributed by atoms with Gasteiger partial charge in [0.15, 0.2) is 0 Å². The van der Waals surface area contributed by atoms with Crippen LogP contribution in [0.4, 0.5) is 4.79 Å². The lowest BCUT2D eigenvalue weighted by atomic mass is 10.1. The summed E-state index contributed by atoms with van der Waals surface area (Å²) in [5, 5.41) is 0. The minimum atomic E-state index is -3.57. The van der Waals surface area contributed by atoms with Crippen LogP contribution < -0.4 is 4.72 Å². The van der Waals surface area contributed by atoms with Gasteiger partial charge in [0.05, 0.1) is 11.5 Å². The molecule has 1 aliphatic heterocycles. The molecule has 0 aliphatic carbocycles. The number of carbonyl (C=O) groups is 1. The maximum absolute atomic E-state index is 12.7. The SMILES string of the molecule is CCOC(=O)N1CCC(NS(=O)(=O)c2ccc(Br)cc2CC)CC1. The number of hydrogen-bond acceptors (Lipinski definition) is 4. The Morgan fingerprint density at radius 3 is 2.58 bits per heavy atom. The van der Waals surface area contributed by atoms with Crippen molar-refractivity contribution >= 4 is 32.0 Å². The summed E-state index contributed by atoms with van der Waals surface area (Å²) in [5.74, 6) is 0. The Balaban J connectivity index is 2.03. The molecule has 0 unspecified atom stereocenters. The third kappa shape index (κ3) is 4.70. The van der Waals surface area contributed by atoms with Crippen molar-refractivity contribution in [1.82, 2.24) is 9.62 Å². The van der Waals surface area contributed by atoms with Gasteiger partial charge in [0.2, 0.25) is 10.0 Å². The molecule has 1 saturated heterocycles. The molecule has 1 N–H and O–H groups in total. The standard InChI is InChI=1S/C16H23BrN2O4S/c1-3-12-11-13(17)5-6-15(12)24(21,22)18-14-7-9-19(10-8-14)16(20)23-4-2/h5-6,11,14,18H,3-4,7-10H2,1-2H3. The molecule has 8 heteroatoms. The Kier molecular flexibility index (Phi) is 6.65. The van der Waals surface area contributed by atoms with E-state index in [1.165, 1.54) is 0 Å². The van der Waals surface area contributed by atoms with E-state index < -0.39 is 10.0 Å². The number of likely N-dealkylation sites (tertiary alicyclic amines) is 1. The highest BCUT2D eigenvalue weighted by Crippen LogP contribution is 2.23. The molecule has 1 aromatic rings. The molecule has 0 spiro atoms. The van der Waals surface area contributed by atoms with Gasteiger partial charge in [-0.1, -0.05) is 22.9 Å². The molecule has 0 radical (unpaired) electrons. The van der Waals surface area contributed by atoms with Gasteiger partial charge in [-0.2, -0.15) is 0 Å². The topological polar surface area (TPSA) is 75.7 Å². The molecule has 24 heavy (non-hydrogen) atoms. The van der Waals surface area contributed by atoms with Crippen LogP contribution in [0.3, 0.4) is 0 Å². The van der Waals surface area contributed by atoms with Crippen LogP contribution in [0.2, 0.25) is 0 Å². The Labute approximate surface area is 151 Å². The largest absolute Gasteiger partial charge is 0.450 e. The van der Waals surface area contributed by atoms with Gasteiger partial charge >= 0.3 is 6.09 Å². The number of hydrogen-bond donors (Lipinski definition) is 1. The predicted molar refractivity (Wildman–Crippen MR) is 95.5 cm³/mol.